The zero-order valence-electron chi connectivity index (χ0n) is 12.9. The number of nitrogens with zero attached hydrogens (tertiary/aromatic N) is 1. The Balaban J connectivity index is 1.39. The molecular weight excluding hydrogens is 313 g/mol. The van der Waals surface area contributed by atoms with E-state index in [1.54, 1.807) is 23.5 Å². The molecule has 5 heteroatoms. The van der Waals surface area contributed by atoms with E-state index in [-0.39, 0.29) is 11.7 Å². The predicted molar refractivity (Wildman–Crippen MR) is 89.5 cm³/mol. The fourth-order valence-electron chi connectivity index (χ4n) is 2.87. The number of hydrogen-bond donors (Lipinski definition) is 0. The summed E-state index contributed by atoms with van der Waals surface area (Å²) in [6, 6.07) is 8.00. The Morgan fingerprint density at radius 2 is 1.96 bits per heavy atom. The molecule has 2 heterocycles. The van der Waals surface area contributed by atoms with Gasteiger partial charge in [-0.05, 0) is 60.9 Å². The molecular formula is C18H20FNO2S. The molecule has 0 spiro atoms. The Kier molecular flexibility index (Phi) is 5.28. The highest BCUT2D eigenvalue weighted by atomic mass is 32.1. The van der Waals surface area contributed by atoms with Crippen LogP contribution < -0.4 is 4.74 Å². The molecule has 1 aromatic carbocycles. The SMILES string of the molecule is O=C(c1ccsc1)N1CCC(CCOc2ccc(F)cc2)CC1. The van der Waals surface area contributed by atoms with Gasteiger partial charge in [-0.15, -0.1) is 0 Å². The van der Waals surface area contributed by atoms with Crippen molar-refractivity contribution in [2.45, 2.75) is 19.3 Å². The van der Waals surface area contributed by atoms with Crippen LogP contribution in [0.1, 0.15) is 29.6 Å². The highest BCUT2D eigenvalue weighted by Crippen LogP contribution is 2.23. The minimum Gasteiger partial charge on any atom is -0.494 e. The molecule has 2 aromatic rings. The number of likely N-dealkylation sites (tertiary alicyclic amines) is 1. The standard InChI is InChI=1S/C18H20FNO2S/c19-16-1-3-17(4-2-16)22-11-7-14-5-9-20(10-6-14)18(21)15-8-12-23-13-15/h1-4,8,12-14H,5-7,9-11H2. The summed E-state index contributed by atoms with van der Waals surface area (Å²) < 4.78 is 18.5. The number of ether oxygens (including phenoxy) is 1. The Morgan fingerprint density at radius 1 is 1.22 bits per heavy atom. The van der Waals surface area contributed by atoms with Crippen molar-refractivity contribution in [3.8, 4) is 5.75 Å². The lowest BCUT2D eigenvalue weighted by atomic mass is 9.93. The maximum Gasteiger partial charge on any atom is 0.254 e. The van der Waals surface area contributed by atoms with Gasteiger partial charge in [0, 0.05) is 18.5 Å². The number of hydrogen-bond acceptors (Lipinski definition) is 3. The summed E-state index contributed by atoms with van der Waals surface area (Å²) in [5.41, 5.74) is 0.799. The molecule has 1 amide bonds. The first kappa shape index (κ1) is 16.0. The summed E-state index contributed by atoms with van der Waals surface area (Å²) in [7, 11) is 0. The van der Waals surface area contributed by atoms with Gasteiger partial charge >= 0.3 is 0 Å². The van der Waals surface area contributed by atoms with E-state index in [0.717, 1.165) is 37.9 Å². The topological polar surface area (TPSA) is 29.5 Å². The van der Waals surface area contributed by atoms with E-state index in [0.29, 0.717) is 18.3 Å². The number of benzene rings is 1. The molecule has 3 nitrogen and oxygen atoms in total. The monoisotopic (exact) mass is 333 g/mol. The average Bonchev–Trinajstić information content (AvgIpc) is 3.11. The first-order chi connectivity index (χ1) is 11.2. The quantitative estimate of drug-likeness (QED) is 0.820. The van der Waals surface area contributed by atoms with Gasteiger partial charge in [-0.2, -0.15) is 11.3 Å². The van der Waals surface area contributed by atoms with Crippen LogP contribution in [0.3, 0.4) is 0 Å². The van der Waals surface area contributed by atoms with Crippen LogP contribution >= 0.6 is 11.3 Å². The summed E-state index contributed by atoms with van der Waals surface area (Å²) in [5.74, 6) is 1.19. The maximum atomic E-state index is 12.8. The second kappa shape index (κ2) is 7.59. The minimum absolute atomic E-state index is 0.146. The van der Waals surface area contributed by atoms with Crippen molar-refractivity contribution in [3.63, 3.8) is 0 Å². The summed E-state index contributed by atoms with van der Waals surface area (Å²) in [4.78, 5) is 14.2. The van der Waals surface area contributed by atoms with Gasteiger partial charge in [0.25, 0.3) is 5.91 Å². The molecule has 23 heavy (non-hydrogen) atoms. The normalized spacial score (nSPS) is 15.6. The maximum absolute atomic E-state index is 12.8. The predicted octanol–water partition coefficient (Wildman–Crippen LogP) is 4.21. The van der Waals surface area contributed by atoms with Crippen LogP contribution in [-0.4, -0.2) is 30.5 Å². The van der Waals surface area contributed by atoms with Crippen molar-refractivity contribution < 1.29 is 13.9 Å². The number of carbonyl (C=O) groups is 1. The molecule has 1 fully saturated rings. The van der Waals surface area contributed by atoms with Gasteiger partial charge < -0.3 is 9.64 Å². The molecule has 0 radical (unpaired) electrons. The average molecular weight is 333 g/mol. The van der Waals surface area contributed by atoms with Gasteiger partial charge in [0.2, 0.25) is 0 Å². The molecule has 0 N–H and O–H groups in total. The lowest BCUT2D eigenvalue weighted by molar-refractivity contribution is 0.0680. The Hall–Kier alpha value is -1.88. The number of piperidine rings is 1. The van der Waals surface area contributed by atoms with E-state index in [9.17, 15) is 9.18 Å². The van der Waals surface area contributed by atoms with Crippen LogP contribution in [0.25, 0.3) is 0 Å². The Bertz CT molecular complexity index is 619. The molecule has 1 aliphatic rings. The smallest absolute Gasteiger partial charge is 0.254 e. The number of thiophene rings is 1. The zero-order valence-corrected chi connectivity index (χ0v) is 13.7. The van der Waals surface area contributed by atoms with Crippen LogP contribution in [0.2, 0.25) is 0 Å². The van der Waals surface area contributed by atoms with E-state index < -0.39 is 0 Å². The highest BCUT2D eigenvalue weighted by Gasteiger charge is 2.23. The minimum atomic E-state index is -0.250. The third-order valence-electron chi connectivity index (χ3n) is 4.28. The second-order valence-corrected chi connectivity index (χ2v) is 6.62. The fourth-order valence-corrected chi connectivity index (χ4v) is 3.50. The van der Waals surface area contributed by atoms with Crippen molar-refractivity contribution in [1.82, 2.24) is 4.90 Å². The molecule has 122 valence electrons. The number of amides is 1. The summed E-state index contributed by atoms with van der Waals surface area (Å²) in [6.07, 6.45) is 3.00. The van der Waals surface area contributed by atoms with E-state index in [1.165, 1.54) is 12.1 Å². The number of carbonyl (C=O) groups excluding carboxylic acids is 1. The van der Waals surface area contributed by atoms with Crippen molar-refractivity contribution in [1.29, 1.82) is 0 Å². The van der Waals surface area contributed by atoms with Crippen LogP contribution in [0.4, 0.5) is 4.39 Å². The summed E-state index contributed by atoms with van der Waals surface area (Å²) in [5, 5.41) is 3.84. The highest BCUT2D eigenvalue weighted by molar-refractivity contribution is 7.08. The third-order valence-corrected chi connectivity index (χ3v) is 4.96. The molecule has 0 bridgehead atoms. The summed E-state index contributed by atoms with van der Waals surface area (Å²) >= 11 is 1.55. The number of rotatable bonds is 5. The Morgan fingerprint density at radius 3 is 2.61 bits per heavy atom. The largest absolute Gasteiger partial charge is 0.494 e. The molecule has 1 saturated heterocycles. The molecule has 3 rings (SSSR count). The molecule has 0 unspecified atom stereocenters. The van der Waals surface area contributed by atoms with E-state index >= 15 is 0 Å². The van der Waals surface area contributed by atoms with Crippen LogP contribution in [0.15, 0.2) is 41.1 Å². The molecule has 0 atom stereocenters. The van der Waals surface area contributed by atoms with Crippen molar-refractivity contribution >= 4 is 17.2 Å². The van der Waals surface area contributed by atoms with E-state index in [1.807, 2.05) is 21.7 Å². The van der Waals surface area contributed by atoms with Gasteiger partial charge in [-0.1, -0.05) is 0 Å². The van der Waals surface area contributed by atoms with E-state index in [4.69, 9.17) is 4.74 Å². The molecule has 0 saturated carbocycles. The molecule has 0 aliphatic carbocycles. The zero-order chi connectivity index (χ0) is 16.1. The van der Waals surface area contributed by atoms with Crippen LogP contribution in [0, 0.1) is 11.7 Å². The first-order valence-corrected chi connectivity index (χ1v) is 8.86. The van der Waals surface area contributed by atoms with Gasteiger partial charge in [0.05, 0.1) is 12.2 Å². The van der Waals surface area contributed by atoms with Gasteiger partial charge in [0.1, 0.15) is 11.6 Å². The second-order valence-electron chi connectivity index (χ2n) is 5.84. The molecule has 1 aromatic heterocycles. The fraction of sp³-hybridized carbons (Fsp3) is 0.389. The molecule has 1 aliphatic heterocycles. The lowest BCUT2D eigenvalue weighted by Crippen LogP contribution is -2.38. The van der Waals surface area contributed by atoms with Crippen LogP contribution in [0.5, 0.6) is 5.75 Å². The van der Waals surface area contributed by atoms with Gasteiger partial charge in [-0.3, -0.25) is 4.79 Å². The Labute approximate surface area is 139 Å². The first-order valence-electron chi connectivity index (χ1n) is 7.92. The lowest BCUT2D eigenvalue weighted by Gasteiger charge is -2.31. The third kappa shape index (κ3) is 4.32. The van der Waals surface area contributed by atoms with Crippen LogP contribution in [-0.2, 0) is 0 Å². The van der Waals surface area contributed by atoms with Gasteiger partial charge in [-0.25, -0.2) is 4.39 Å². The van der Waals surface area contributed by atoms with Crippen molar-refractivity contribution in [3.05, 3.63) is 52.5 Å². The van der Waals surface area contributed by atoms with Crippen molar-refractivity contribution in [2.75, 3.05) is 19.7 Å². The number of halogens is 1. The summed E-state index contributed by atoms with van der Waals surface area (Å²) in [6.45, 7) is 2.26. The van der Waals surface area contributed by atoms with Gasteiger partial charge in [0.15, 0.2) is 0 Å². The van der Waals surface area contributed by atoms with Crippen molar-refractivity contribution in [2.24, 2.45) is 5.92 Å². The van der Waals surface area contributed by atoms with E-state index in [2.05, 4.69) is 0 Å².